The number of hydrogen-bond acceptors (Lipinski definition) is 5. The molecule has 1 amide bonds. The summed E-state index contributed by atoms with van der Waals surface area (Å²) >= 11 is 5.86. The van der Waals surface area contributed by atoms with Crippen molar-refractivity contribution in [3.8, 4) is 5.75 Å². The van der Waals surface area contributed by atoms with E-state index in [1.165, 1.54) is 31.3 Å². The van der Waals surface area contributed by atoms with Crippen LogP contribution in [0, 0.1) is 17.0 Å². The fraction of sp³-hybridized carbons (Fsp3) is 0.0909. The van der Waals surface area contributed by atoms with Gasteiger partial charge >= 0.3 is 0 Å². The van der Waals surface area contributed by atoms with Crippen LogP contribution < -0.4 is 10.2 Å². The summed E-state index contributed by atoms with van der Waals surface area (Å²) in [6.45, 7) is 1.95. The summed E-state index contributed by atoms with van der Waals surface area (Å²) in [6.07, 6.45) is 1.48. The number of nitrogens with one attached hydrogen (secondary N) is 1. The maximum absolute atomic E-state index is 12.2. The summed E-state index contributed by atoms with van der Waals surface area (Å²) in [5, 5.41) is 15.6. The van der Waals surface area contributed by atoms with Crippen LogP contribution in [0.2, 0.25) is 5.02 Å². The van der Waals surface area contributed by atoms with E-state index in [2.05, 4.69) is 10.5 Å². The minimum absolute atomic E-state index is 0.110. The van der Waals surface area contributed by atoms with Gasteiger partial charge in [-0.2, -0.15) is 5.10 Å². The lowest BCUT2D eigenvalue weighted by Gasteiger charge is -2.07. The Bertz CT molecular complexity index is 1080. The molecule has 0 saturated carbocycles. The molecule has 3 aromatic rings. The van der Waals surface area contributed by atoms with Crippen molar-refractivity contribution >= 4 is 29.4 Å². The van der Waals surface area contributed by atoms with Crippen molar-refractivity contribution in [1.29, 1.82) is 0 Å². The summed E-state index contributed by atoms with van der Waals surface area (Å²) in [5.74, 6) is 0.175. The van der Waals surface area contributed by atoms with Gasteiger partial charge < -0.3 is 4.74 Å². The minimum atomic E-state index is -0.522. The number of amides is 1. The van der Waals surface area contributed by atoms with Crippen LogP contribution in [0.3, 0.4) is 0 Å². The number of nitro groups is 1. The first-order valence-corrected chi connectivity index (χ1v) is 9.36. The van der Waals surface area contributed by atoms with Crippen LogP contribution in [0.25, 0.3) is 0 Å². The van der Waals surface area contributed by atoms with Crippen LogP contribution in [-0.2, 0) is 6.61 Å². The molecule has 0 fully saturated rings. The van der Waals surface area contributed by atoms with E-state index < -0.39 is 10.8 Å². The Balaban J connectivity index is 1.56. The number of benzene rings is 3. The van der Waals surface area contributed by atoms with Crippen LogP contribution in [-0.4, -0.2) is 17.0 Å². The number of carbonyl (C=O) groups excluding carboxylic acids is 1. The van der Waals surface area contributed by atoms with Crippen molar-refractivity contribution in [2.24, 2.45) is 5.10 Å². The number of nitro benzene ring substituents is 1. The van der Waals surface area contributed by atoms with Crippen LogP contribution >= 0.6 is 11.6 Å². The molecule has 7 nitrogen and oxygen atoms in total. The van der Waals surface area contributed by atoms with E-state index in [-0.39, 0.29) is 16.8 Å². The van der Waals surface area contributed by atoms with E-state index in [9.17, 15) is 14.9 Å². The van der Waals surface area contributed by atoms with Crippen molar-refractivity contribution in [2.45, 2.75) is 13.5 Å². The average molecular weight is 424 g/mol. The van der Waals surface area contributed by atoms with Gasteiger partial charge in [0.2, 0.25) is 0 Å². The normalized spacial score (nSPS) is 10.7. The molecule has 0 aliphatic rings. The van der Waals surface area contributed by atoms with Crippen LogP contribution in [0.5, 0.6) is 5.75 Å². The second-order valence-electron chi connectivity index (χ2n) is 6.39. The quantitative estimate of drug-likeness (QED) is 0.332. The van der Waals surface area contributed by atoms with Gasteiger partial charge in [0.15, 0.2) is 0 Å². The Morgan fingerprint density at radius 1 is 1.13 bits per heavy atom. The topological polar surface area (TPSA) is 93.8 Å². The summed E-state index contributed by atoms with van der Waals surface area (Å²) in [7, 11) is 0. The van der Waals surface area contributed by atoms with Crippen LogP contribution in [0.1, 0.15) is 27.0 Å². The molecule has 0 unspecified atom stereocenters. The number of nitrogens with zero attached hydrogens (tertiary/aromatic N) is 2. The largest absolute Gasteiger partial charge is 0.489 e. The first kappa shape index (κ1) is 21.0. The number of hydrazone groups is 1. The van der Waals surface area contributed by atoms with E-state index in [4.69, 9.17) is 16.3 Å². The van der Waals surface area contributed by atoms with Gasteiger partial charge in [0.05, 0.1) is 16.7 Å². The average Bonchev–Trinajstić information content (AvgIpc) is 2.74. The molecule has 8 heteroatoms. The van der Waals surface area contributed by atoms with Gasteiger partial charge in [0.1, 0.15) is 12.4 Å². The van der Waals surface area contributed by atoms with E-state index in [0.717, 1.165) is 11.1 Å². The van der Waals surface area contributed by atoms with Gasteiger partial charge in [-0.05, 0) is 60.5 Å². The van der Waals surface area contributed by atoms with Crippen molar-refractivity contribution in [3.63, 3.8) is 0 Å². The number of ether oxygens (including phenoxy) is 1. The van der Waals surface area contributed by atoms with Crippen molar-refractivity contribution < 1.29 is 14.5 Å². The van der Waals surface area contributed by atoms with Gasteiger partial charge in [0, 0.05) is 16.7 Å². The van der Waals surface area contributed by atoms with E-state index in [0.29, 0.717) is 17.4 Å². The zero-order valence-corrected chi connectivity index (χ0v) is 16.8. The standard InChI is InChI=1S/C22H18ClN3O4/c1-15-20(3-2-4-21(15)26(28)29)22(27)25-24-13-16-7-11-19(12-8-16)30-14-17-5-9-18(23)10-6-17/h2-13H,14H2,1H3,(H,25,27)/b24-13+. The molecule has 0 radical (unpaired) electrons. The molecule has 1 N–H and O–H groups in total. The lowest BCUT2D eigenvalue weighted by Crippen LogP contribution is -2.19. The molecule has 0 bridgehead atoms. The fourth-order valence-electron chi connectivity index (χ4n) is 2.69. The lowest BCUT2D eigenvalue weighted by molar-refractivity contribution is -0.385. The molecule has 0 atom stereocenters. The fourth-order valence-corrected chi connectivity index (χ4v) is 2.82. The molecule has 0 spiro atoms. The SMILES string of the molecule is Cc1c(C(=O)N/N=C/c2ccc(OCc3ccc(Cl)cc3)cc2)cccc1[N+](=O)[O-]. The third-order valence-electron chi connectivity index (χ3n) is 4.33. The second kappa shape index (κ2) is 9.67. The van der Waals surface area contributed by atoms with Crippen LogP contribution in [0.4, 0.5) is 5.69 Å². The van der Waals surface area contributed by atoms with Crippen molar-refractivity contribution in [3.05, 3.63) is 104 Å². The highest BCUT2D eigenvalue weighted by Gasteiger charge is 2.17. The number of hydrogen-bond donors (Lipinski definition) is 1. The molecule has 152 valence electrons. The molecule has 0 aromatic heterocycles. The number of carbonyl (C=O) groups is 1. The van der Waals surface area contributed by atoms with Gasteiger partial charge in [-0.3, -0.25) is 14.9 Å². The molecule has 3 aromatic carbocycles. The third kappa shape index (κ3) is 5.42. The number of rotatable bonds is 7. The Morgan fingerprint density at radius 2 is 1.83 bits per heavy atom. The van der Waals surface area contributed by atoms with Gasteiger partial charge in [0.25, 0.3) is 11.6 Å². The predicted octanol–water partition coefficient (Wildman–Crippen LogP) is 4.90. The summed E-state index contributed by atoms with van der Waals surface area (Å²) in [4.78, 5) is 22.7. The van der Waals surface area contributed by atoms with Crippen LogP contribution in [0.15, 0.2) is 71.8 Å². The highest BCUT2D eigenvalue weighted by atomic mass is 35.5. The third-order valence-corrected chi connectivity index (χ3v) is 4.58. The minimum Gasteiger partial charge on any atom is -0.489 e. The smallest absolute Gasteiger partial charge is 0.273 e. The van der Waals surface area contributed by atoms with Gasteiger partial charge in [-0.1, -0.05) is 29.8 Å². The Labute approximate surface area is 178 Å². The summed E-state index contributed by atoms with van der Waals surface area (Å²) in [6, 6.07) is 18.9. The molecular weight excluding hydrogens is 406 g/mol. The molecule has 0 heterocycles. The summed E-state index contributed by atoms with van der Waals surface area (Å²) < 4.78 is 5.72. The summed E-state index contributed by atoms with van der Waals surface area (Å²) in [5.41, 5.74) is 4.52. The van der Waals surface area contributed by atoms with E-state index >= 15 is 0 Å². The Hall–Kier alpha value is -3.71. The first-order chi connectivity index (χ1) is 14.4. The molecule has 3 rings (SSSR count). The lowest BCUT2D eigenvalue weighted by atomic mass is 10.1. The Morgan fingerprint density at radius 3 is 2.50 bits per heavy atom. The molecule has 0 saturated heterocycles. The molecular formula is C22H18ClN3O4. The molecule has 0 aliphatic heterocycles. The maximum atomic E-state index is 12.2. The van der Waals surface area contributed by atoms with E-state index in [1.54, 1.807) is 24.3 Å². The Kier molecular flexibility index (Phi) is 6.77. The monoisotopic (exact) mass is 423 g/mol. The predicted molar refractivity (Wildman–Crippen MR) is 115 cm³/mol. The van der Waals surface area contributed by atoms with Crippen molar-refractivity contribution in [2.75, 3.05) is 0 Å². The van der Waals surface area contributed by atoms with Gasteiger partial charge in [-0.15, -0.1) is 0 Å². The second-order valence-corrected chi connectivity index (χ2v) is 6.83. The first-order valence-electron chi connectivity index (χ1n) is 8.99. The highest BCUT2D eigenvalue weighted by Crippen LogP contribution is 2.21. The number of halogens is 1. The molecule has 30 heavy (non-hydrogen) atoms. The zero-order valence-electron chi connectivity index (χ0n) is 16.0. The van der Waals surface area contributed by atoms with Gasteiger partial charge in [-0.25, -0.2) is 5.43 Å². The van der Waals surface area contributed by atoms with E-state index in [1.807, 2.05) is 24.3 Å². The van der Waals surface area contributed by atoms with Crippen molar-refractivity contribution in [1.82, 2.24) is 5.43 Å². The zero-order chi connectivity index (χ0) is 21.5. The highest BCUT2D eigenvalue weighted by molar-refractivity contribution is 6.30. The maximum Gasteiger partial charge on any atom is 0.273 e. The molecule has 0 aliphatic carbocycles.